The molecule has 7 nitrogen and oxygen atoms in total. The average molecular weight is 359 g/mol. The lowest BCUT2D eigenvalue weighted by Gasteiger charge is -2.35. The zero-order valence-corrected chi connectivity index (χ0v) is 15.0. The van der Waals surface area contributed by atoms with Crippen molar-refractivity contribution in [3.63, 3.8) is 0 Å². The molecule has 3 amide bonds. The molecule has 1 aromatic carbocycles. The van der Waals surface area contributed by atoms with Crippen LogP contribution >= 0.6 is 0 Å². The van der Waals surface area contributed by atoms with Crippen LogP contribution < -0.4 is 5.32 Å². The van der Waals surface area contributed by atoms with Crippen LogP contribution in [0.1, 0.15) is 29.3 Å². The highest BCUT2D eigenvalue weighted by atomic mass is 16.4. The molecule has 7 heteroatoms. The van der Waals surface area contributed by atoms with E-state index in [1.807, 2.05) is 31.2 Å². The lowest BCUT2D eigenvalue weighted by atomic mass is 9.91. The van der Waals surface area contributed by atoms with Crippen molar-refractivity contribution in [2.45, 2.75) is 19.8 Å². The summed E-state index contributed by atoms with van der Waals surface area (Å²) >= 11 is 0. The number of likely N-dealkylation sites (tertiary alicyclic amines) is 1. The van der Waals surface area contributed by atoms with Crippen LogP contribution in [0.5, 0.6) is 0 Å². The zero-order chi connectivity index (χ0) is 18.7. The number of carbonyl (C=O) groups excluding carboxylic acids is 2. The van der Waals surface area contributed by atoms with Gasteiger partial charge < -0.3 is 20.2 Å². The summed E-state index contributed by atoms with van der Waals surface area (Å²) in [7, 11) is 0. The van der Waals surface area contributed by atoms with E-state index < -0.39 is 11.9 Å². The number of aliphatic carboxylic acids is 1. The molecular formula is C19H25N3O4. The zero-order valence-electron chi connectivity index (χ0n) is 15.0. The number of nitrogens with zero attached hydrogens (tertiary/aromatic N) is 2. The van der Waals surface area contributed by atoms with E-state index in [0.717, 1.165) is 17.5 Å². The van der Waals surface area contributed by atoms with Crippen molar-refractivity contribution in [2.75, 3.05) is 32.7 Å². The Balaban J connectivity index is 1.50. The summed E-state index contributed by atoms with van der Waals surface area (Å²) in [6, 6.07) is 7.35. The predicted molar refractivity (Wildman–Crippen MR) is 95.9 cm³/mol. The largest absolute Gasteiger partial charge is 0.481 e. The molecule has 0 radical (unpaired) electrons. The normalized spacial score (nSPS) is 22.7. The summed E-state index contributed by atoms with van der Waals surface area (Å²) in [5, 5.41) is 12.0. The molecule has 1 saturated heterocycles. The molecule has 1 aromatic rings. The van der Waals surface area contributed by atoms with Crippen molar-refractivity contribution in [3.05, 3.63) is 35.4 Å². The molecule has 2 aliphatic rings. The number of carbonyl (C=O) groups is 3. The summed E-state index contributed by atoms with van der Waals surface area (Å²) in [6.45, 7) is 4.21. The molecule has 0 aliphatic carbocycles. The van der Waals surface area contributed by atoms with Crippen molar-refractivity contribution in [1.29, 1.82) is 0 Å². The second kappa shape index (κ2) is 7.76. The van der Waals surface area contributed by atoms with Crippen LogP contribution in [0.25, 0.3) is 0 Å². The molecule has 2 N–H and O–H groups in total. The lowest BCUT2D eigenvalue weighted by Crippen LogP contribution is -2.51. The minimum absolute atomic E-state index is 0.00126. The third kappa shape index (κ3) is 3.98. The first-order chi connectivity index (χ1) is 12.5. The molecule has 2 aliphatic heterocycles. The fourth-order valence-electron chi connectivity index (χ4n) is 3.79. The maximum absolute atomic E-state index is 12.5. The van der Waals surface area contributed by atoms with Gasteiger partial charge in [-0.3, -0.25) is 9.59 Å². The van der Waals surface area contributed by atoms with Gasteiger partial charge in [0.15, 0.2) is 0 Å². The Morgan fingerprint density at radius 3 is 2.81 bits per heavy atom. The molecule has 0 saturated carbocycles. The van der Waals surface area contributed by atoms with Gasteiger partial charge in [-0.05, 0) is 30.4 Å². The fourth-order valence-corrected chi connectivity index (χ4v) is 3.79. The number of fused-ring (bicyclic) bond motifs is 1. The minimum atomic E-state index is -0.855. The highest BCUT2D eigenvalue weighted by molar-refractivity contribution is 5.96. The summed E-state index contributed by atoms with van der Waals surface area (Å²) < 4.78 is 0. The van der Waals surface area contributed by atoms with Crippen LogP contribution in [0.2, 0.25) is 0 Å². The maximum Gasteiger partial charge on any atom is 0.317 e. The smallest absolute Gasteiger partial charge is 0.317 e. The molecule has 26 heavy (non-hydrogen) atoms. The Morgan fingerprint density at radius 2 is 2.04 bits per heavy atom. The van der Waals surface area contributed by atoms with Gasteiger partial charge in [0.2, 0.25) is 0 Å². The van der Waals surface area contributed by atoms with Crippen LogP contribution in [-0.2, 0) is 11.2 Å². The lowest BCUT2D eigenvalue weighted by molar-refractivity contribution is -0.143. The third-order valence-corrected chi connectivity index (χ3v) is 5.14. The highest BCUT2D eigenvalue weighted by Gasteiger charge is 2.32. The Labute approximate surface area is 153 Å². The Bertz CT molecular complexity index is 706. The van der Waals surface area contributed by atoms with E-state index in [2.05, 4.69) is 5.32 Å². The maximum atomic E-state index is 12.5. The highest BCUT2D eigenvalue weighted by Crippen LogP contribution is 2.22. The Kier molecular flexibility index (Phi) is 5.44. The van der Waals surface area contributed by atoms with E-state index in [1.54, 1.807) is 9.80 Å². The quantitative estimate of drug-likeness (QED) is 0.851. The summed E-state index contributed by atoms with van der Waals surface area (Å²) in [5.74, 6) is -1.20. The van der Waals surface area contributed by atoms with Crippen molar-refractivity contribution in [3.8, 4) is 0 Å². The first-order valence-electron chi connectivity index (χ1n) is 9.08. The Morgan fingerprint density at radius 1 is 1.27 bits per heavy atom. The monoisotopic (exact) mass is 359 g/mol. The molecule has 0 aromatic heterocycles. The standard InChI is InChI=1S/C19H25N3O4/c1-13-10-15(18(24)25)12-22(11-13)19(26)20-7-9-21-8-6-14-4-2-3-5-16(14)17(21)23/h2-5,13,15H,6-12H2,1H3,(H,20,26)(H,24,25). The molecule has 140 valence electrons. The van der Waals surface area contributed by atoms with E-state index in [-0.39, 0.29) is 24.4 Å². The molecule has 0 bridgehead atoms. The summed E-state index contributed by atoms with van der Waals surface area (Å²) in [6.07, 6.45) is 1.42. The van der Waals surface area contributed by atoms with Gasteiger partial charge in [0.1, 0.15) is 0 Å². The van der Waals surface area contributed by atoms with E-state index in [9.17, 15) is 19.5 Å². The van der Waals surface area contributed by atoms with Crippen LogP contribution in [-0.4, -0.2) is 65.5 Å². The number of urea groups is 1. The van der Waals surface area contributed by atoms with Crippen molar-refractivity contribution < 1.29 is 19.5 Å². The van der Waals surface area contributed by atoms with E-state index in [4.69, 9.17) is 0 Å². The number of amides is 3. The van der Waals surface area contributed by atoms with Crippen molar-refractivity contribution in [2.24, 2.45) is 11.8 Å². The first kappa shape index (κ1) is 18.2. The molecule has 3 rings (SSSR count). The second-order valence-corrected chi connectivity index (χ2v) is 7.21. The number of benzene rings is 1. The van der Waals surface area contributed by atoms with E-state index in [0.29, 0.717) is 32.6 Å². The van der Waals surface area contributed by atoms with Crippen LogP contribution in [0, 0.1) is 11.8 Å². The SMILES string of the molecule is CC1CC(C(=O)O)CN(C(=O)NCCN2CCc3ccccc3C2=O)C1. The number of hydrogen-bond donors (Lipinski definition) is 2. The third-order valence-electron chi connectivity index (χ3n) is 5.14. The summed E-state index contributed by atoms with van der Waals surface area (Å²) in [5.41, 5.74) is 1.80. The molecule has 2 unspecified atom stereocenters. The van der Waals surface area contributed by atoms with Crippen molar-refractivity contribution in [1.82, 2.24) is 15.1 Å². The van der Waals surface area contributed by atoms with E-state index in [1.165, 1.54) is 0 Å². The van der Waals surface area contributed by atoms with Gasteiger partial charge in [-0.25, -0.2) is 4.79 Å². The first-order valence-corrected chi connectivity index (χ1v) is 9.08. The van der Waals surface area contributed by atoms with Gasteiger partial charge in [-0.2, -0.15) is 0 Å². The van der Waals surface area contributed by atoms with Crippen LogP contribution in [0.4, 0.5) is 4.79 Å². The van der Waals surface area contributed by atoms with Gasteiger partial charge in [0.05, 0.1) is 5.92 Å². The van der Waals surface area contributed by atoms with E-state index >= 15 is 0 Å². The fraction of sp³-hybridized carbons (Fsp3) is 0.526. The summed E-state index contributed by atoms with van der Waals surface area (Å²) in [4.78, 5) is 39.4. The number of hydrogen-bond acceptors (Lipinski definition) is 3. The molecule has 2 heterocycles. The number of carboxylic acid groups (broad SMARTS) is 1. The van der Waals surface area contributed by atoms with Crippen molar-refractivity contribution >= 4 is 17.9 Å². The molecule has 0 spiro atoms. The average Bonchev–Trinajstić information content (AvgIpc) is 2.63. The molecule has 1 fully saturated rings. The number of nitrogens with one attached hydrogen (secondary N) is 1. The number of carboxylic acids is 1. The van der Waals surface area contributed by atoms with Gasteiger partial charge >= 0.3 is 12.0 Å². The Hall–Kier alpha value is -2.57. The predicted octanol–water partition coefficient (Wildman–Crippen LogP) is 1.44. The number of rotatable bonds is 4. The van der Waals surface area contributed by atoms with Gasteiger partial charge in [-0.1, -0.05) is 25.1 Å². The number of piperidine rings is 1. The van der Waals surface area contributed by atoms with Gasteiger partial charge in [0.25, 0.3) is 5.91 Å². The van der Waals surface area contributed by atoms with Crippen LogP contribution in [0.15, 0.2) is 24.3 Å². The minimum Gasteiger partial charge on any atom is -0.481 e. The van der Waals surface area contributed by atoms with Gasteiger partial charge in [-0.15, -0.1) is 0 Å². The topological polar surface area (TPSA) is 89.9 Å². The van der Waals surface area contributed by atoms with Crippen LogP contribution in [0.3, 0.4) is 0 Å². The van der Waals surface area contributed by atoms with Gasteiger partial charge in [0, 0.05) is 38.3 Å². The second-order valence-electron chi connectivity index (χ2n) is 7.21. The molecular weight excluding hydrogens is 334 g/mol. The molecule has 2 atom stereocenters.